The molecule has 0 saturated heterocycles. The van der Waals surface area contributed by atoms with Gasteiger partial charge in [-0.05, 0) is 42.3 Å². The number of carbonyl (C=O) groups is 1. The van der Waals surface area contributed by atoms with Crippen LogP contribution in [0.3, 0.4) is 0 Å². The van der Waals surface area contributed by atoms with Crippen LogP contribution in [0.2, 0.25) is 0 Å². The largest absolute Gasteiger partial charge is 0.497 e. The molecule has 0 aliphatic carbocycles. The third-order valence-corrected chi connectivity index (χ3v) is 3.77. The number of benzene rings is 2. The molecule has 0 unspecified atom stereocenters. The van der Waals surface area contributed by atoms with Crippen LogP contribution in [0.15, 0.2) is 53.5 Å². The van der Waals surface area contributed by atoms with Gasteiger partial charge in [-0.25, -0.2) is 9.79 Å². The van der Waals surface area contributed by atoms with Crippen molar-refractivity contribution < 1.29 is 14.3 Å². The van der Waals surface area contributed by atoms with Crippen molar-refractivity contribution in [2.24, 2.45) is 4.99 Å². The van der Waals surface area contributed by atoms with Gasteiger partial charge in [0.25, 0.3) is 0 Å². The summed E-state index contributed by atoms with van der Waals surface area (Å²) in [7, 11) is 2.99. The van der Waals surface area contributed by atoms with E-state index in [4.69, 9.17) is 4.74 Å². The SMILES string of the molecule is CCNC(=NCc1ccc(OC)cc1)NCc1ccc(NC(=O)OC)cc1. The molecule has 0 aromatic heterocycles. The molecule has 7 nitrogen and oxygen atoms in total. The summed E-state index contributed by atoms with van der Waals surface area (Å²) in [5.74, 6) is 1.57. The number of hydrogen-bond donors (Lipinski definition) is 3. The Morgan fingerprint density at radius 3 is 2.22 bits per heavy atom. The summed E-state index contributed by atoms with van der Waals surface area (Å²) in [4.78, 5) is 15.8. The van der Waals surface area contributed by atoms with Gasteiger partial charge >= 0.3 is 6.09 Å². The number of hydrogen-bond acceptors (Lipinski definition) is 4. The van der Waals surface area contributed by atoms with Gasteiger partial charge in [0.05, 0.1) is 20.8 Å². The number of guanidine groups is 1. The molecule has 0 aliphatic heterocycles. The second-order valence-electron chi connectivity index (χ2n) is 5.71. The normalized spacial score (nSPS) is 10.9. The highest BCUT2D eigenvalue weighted by atomic mass is 16.5. The summed E-state index contributed by atoms with van der Waals surface area (Å²) in [6, 6.07) is 15.4. The highest BCUT2D eigenvalue weighted by Crippen LogP contribution is 2.12. The summed E-state index contributed by atoms with van der Waals surface area (Å²) in [6.07, 6.45) is -0.485. The number of nitrogens with zero attached hydrogens (tertiary/aromatic N) is 1. The minimum atomic E-state index is -0.485. The first-order valence-electron chi connectivity index (χ1n) is 8.73. The lowest BCUT2D eigenvalue weighted by Gasteiger charge is -2.12. The number of carbonyl (C=O) groups excluding carboxylic acids is 1. The van der Waals surface area contributed by atoms with E-state index >= 15 is 0 Å². The Hall–Kier alpha value is -3.22. The minimum Gasteiger partial charge on any atom is -0.497 e. The van der Waals surface area contributed by atoms with E-state index in [0.717, 1.165) is 29.4 Å². The van der Waals surface area contributed by atoms with Gasteiger partial charge in [0.15, 0.2) is 5.96 Å². The van der Waals surface area contributed by atoms with E-state index in [1.807, 2.05) is 55.5 Å². The zero-order chi connectivity index (χ0) is 19.5. The van der Waals surface area contributed by atoms with Crippen LogP contribution in [0.4, 0.5) is 10.5 Å². The van der Waals surface area contributed by atoms with Gasteiger partial charge < -0.3 is 20.1 Å². The Kier molecular flexibility index (Phi) is 7.96. The fourth-order valence-corrected chi connectivity index (χ4v) is 2.30. The van der Waals surface area contributed by atoms with Crippen LogP contribution in [0.25, 0.3) is 0 Å². The minimum absolute atomic E-state index is 0.485. The van der Waals surface area contributed by atoms with Crippen LogP contribution in [-0.4, -0.2) is 32.8 Å². The van der Waals surface area contributed by atoms with Crippen molar-refractivity contribution in [3.8, 4) is 5.75 Å². The highest BCUT2D eigenvalue weighted by Gasteiger charge is 2.02. The predicted octanol–water partition coefficient (Wildman–Crippen LogP) is 3.13. The third-order valence-electron chi connectivity index (χ3n) is 3.77. The lowest BCUT2D eigenvalue weighted by atomic mass is 10.2. The second-order valence-corrected chi connectivity index (χ2v) is 5.71. The quantitative estimate of drug-likeness (QED) is 0.515. The molecule has 0 aliphatic rings. The van der Waals surface area contributed by atoms with Crippen LogP contribution in [-0.2, 0) is 17.8 Å². The fraction of sp³-hybridized carbons (Fsp3) is 0.300. The van der Waals surface area contributed by atoms with Crippen LogP contribution >= 0.6 is 0 Å². The van der Waals surface area contributed by atoms with E-state index in [1.54, 1.807) is 7.11 Å². The van der Waals surface area contributed by atoms with Crippen molar-refractivity contribution in [2.75, 3.05) is 26.1 Å². The molecular weight excluding hydrogens is 344 g/mol. The van der Waals surface area contributed by atoms with Gasteiger partial charge in [-0.1, -0.05) is 24.3 Å². The number of rotatable bonds is 7. The Morgan fingerprint density at radius 2 is 1.63 bits per heavy atom. The molecule has 0 bridgehead atoms. The van der Waals surface area contributed by atoms with Crippen molar-refractivity contribution in [1.82, 2.24) is 10.6 Å². The second kappa shape index (κ2) is 10.7. The molecule has 144 valence electrons. The first kappa shape index (κ1) is 20.1. The van der Waals surface area contributed by atoms with Crippen molar-refractivity contribution in [2.45, 2.75) is 20.0 Å². The van der Waals surface area contributed by atoms with Gasteiger partial charge in [-0.3, -0.25) is 5.32 Å². The number of amides is 1. The van der Waals surface area contributed by atoms with Gasteiger partial charge in [-0.15, -0.1) is 0 Å². The molecule has 0 saturated carbocycles. The molecule has 3 N–H and O–H groups in total. The maximum absolute atomic E-state index is 11.2. The smallest absolute Gasteiger partial charge is 0.411 e. The standard InChI is InChI=1S/C20H26N4O3/c1-4-21-19(23-14-16-7-11-18(26-2)12-8-16)22-13-15-5-9-17(10-6-15)24-20(25)27-3/h5-12H,4,13-14H2,1-3H3,(H,24,25)(H2,21,22,23). The van der Waals surface area contributed by atoms with Crippen molar-refractivity contribution in [3.05, 3.63) is 59.7 Å². The highest BCUT2D eigenvalue weighted by molar-refractivity contribution is 5.84. The van der Waals surface area contributed by atoms with Crippen LogP contribution < -0.4 is 20.7 Å². The number of nitrogens with one attached hydrogen (secondary N) is 3. The zero-order valence-corrected chi connectivity index (χ0v) is 15.9. The molecule has 0 atom stereocenters. The Morgan fingerprint density at radius 1 is 0.963 bits per heavy atom. The summed E-state index contributed by atoms with van der Waals surface area (Å²) in [5.41, 5.74) is 2.86. The van der Waals surface area contributed by atoms with Crippen LogP contribution in [0.1, 0.15) is 18.1 Å². The Labute approximate surface area is 159 Å². The van der Waals surface area contributed by atoms with E-state index < -0.39 is 6.09 Å². The zero-order valence-electron chi connectivity index (χ0n) is 15.9. The monoisotopic (exact) mass is 370 g/mol. The van der Waals surface area contributed by atoms with Gasteiger partial charge in [0, 0.05) is 18.8 Å². The van der Waals surface area contributed by atoms with E-state index in [-0.39, 0.29) is 0 Å². The van der Waals surface area contributed by atoms with Crippen molar-refractivity contribution in [1.29, 1.82) is 0 Å². The molecule has 0 spiro atoms. The molecule has 1 amide bonds. The predicted molar refractivity (Wildman–Crippen MR) is 107 cm³/mol. The third kappa shape index (κ3) is 6.89. The van der Waals surface area contributed by atoms with E-state index in [2.05, 4.69) is 25.7 Å². The molecule has 0 radical (unpaired) electrons. The number of aliphatic imine (C=N–C) groups is 1. The molecule has 0 fully saturated rings. The Balaban J connectivity index is 1.91. The van der Waals surface area contributed by atoms with E-state index in [9.17, 15) is 4.79 Å². The first-order chi connectivity index (χ1) is 13.1. The molecular formula is C20H26N4O3. The Bertz CT molecular complexity index is 743. The average molecular weight is 370 g/mol. The van der Waals surface area contributed by atoms with Crippen LogP contribution in [0, 0.1) is 0 Å². The van der Waals surface area contributed by atoms with Gasteiger partial charge in [-0.2, -0.15) is 0 Å². The molecule has 27 heavy (non-hydrogen) atoms. The topological polar surface area (TPSA) is 84.0 Å². The maximum Gasteiger partial charge on any atom is 0.411 e. The van der Waals surface area contributed by atoms with Crippen molar-refractivity contribution >= 4 is 17.7 Å². The lowest BCUT2D eigenvalue weighted by molar-refractivity contribution is 0.187. The fourth-order valence-electron chi connectivity index (χ4n) is 2.30. The number of ether oxygens (including phenoxy) is 2. The summed E-state index contributed by atoms with van der Waals surface area (Å²) < 4.78 is 9.74. The van der Waals surface area contributed by atoms with Crippen LogP contribution in [0.5, 0.6) is 5.75 Å². The molecule has 2 aromatic rings. The average Bonchev–Trinajstić information content (AvgIpc) is 2.71. The van der Waals surface area contributed by atoms with E-state index in [0.29, 0.717) is 18.8 Å². The summed E-state index contributed by atoms with van der Waals surface area (Å²) >= 11 is 0. The van der Waals surface area contributed by atoms with E-state index in [1.165, 1.54) is 7.11 Å². The summed E-state index contributed by atoms with van der Waals surface area (Å²) in [6.45, 7) is 3.99. The lowest BCUT2D eigenvalue weighted by Crippen LogP contribution is -2.36. The maximum atomic E-state index is 11.2. The molecule has 2 rings (SSSR count). The number of methoxy groups -OCH3 is 2. The van der Waals surface area contributed by atoms with Gasteiger partial charge in [0.1, 0.15) is 5.75 Å². The summed E-state index contributed by atoms with van der Waals surface area (Å²) in [5, 5.41) is 9.16. The molecule has 2 aromatic carbocycles. The number of anilines is 1. The molecule has 0 heterocycles. The van der Waals surface area contributed by atoms with Gasteiger partial charge in [0.2, 0.25) is 0 Å². The van der Waals surface area contributed by atoms with Crippen molar-refractivity contribution in [3.63, 3.8) is 0 Å². The first-order valence-corrected chi connectivity index (χ1v) is 8.73. The molecule has 7 heteroatoms.